The van der Waals surface area contributed by atoms with Gasteiger partial charge < -0.3 is 19.5 Å². The quantitative estimate of drug-likeness (QED) is 0.558. The topological polar surface area (TPSA) is 73.9 Å². The summed E-state index contributed by atoms with van der Waals surface area (Å²) >= 11 is 0. The second-order valence-electron chi connectivity index (χ2n) is 9.36. The first-order chi connectivity index (χ1) is 16.3. The number of esters is 1. The third kappa shape index (κ3) is 4.72. The van der Waals surface area contributed by atoms with Crippen LogP contribution in [0.3, 0.4) is 0 Å². The van der Waals surface area contributed by atoms with E-state index in [2.05, 4.69) is 5.32 Å². The smallest absolute Gasteiger partial charge is 0.311 e. The maximum absolute atomic E-state index is 14.6. The SMILES string of the molecule is COC(=O)C12CCC(CNC(=O)c3cc(F)c(OCc4ccc(OC)cc4)c(F)c3)(CC1)CC2. The fourth-order valence-electron chi connectivity index (χ4n) is 5.13. The number of hydrogen-bond acceptors (Lipinski definition) is 5. The largest absolute Gasteiger partial charge is 0.497 e. The van der Waals surface area contributed by atoms with Gasteiger partial charge in [-0.15, -0.1) is 0 Å². The average molecular weight is 474 g/mol. The van der Waals surface area contributed by atoms with Gasteiger partial charge in [-0.2, -0.15) is 0 Å². The zero-order chi connectivity index (χ0) is 24.3. The highest BCUT2D eigenvalue weighted by atomic mass is 19.1. The van der Waals surface area contributed by atoms with E-state index in [1.54, 1.807) is 31.4 Å². The first-order valence-corrected chi connectivity index (χ1v) is 11.4. The fourth-order valence-corrected chi connectivity index (χ4v) is 5.13. The molecule has 3 fully saturated rings. The van der Waals surface area contributed by atoms with Gasteiger partial charge in [-0.3, -0.25) is 9.59 Å². The number of hydrogen-bond donors (Lipinski definition) is 1. The molecular weight excluding hydrogens is 444 g/mol. The van der Waals surface area contributed by atoms with E-state index >= 15 is 0 Å². The first kappa shape index (κ1) is 24.0. The lowest BCUT2D eigenvalue weighted by molar-refractivity contribution is -0.162. The molecule has 0 unspecified atom stereocenters. The molecule has 34 heavy (non-hydrogen) atoms. The number of fused-ring (bicyclic) bond motifs is 3. The first-order valence-electron chi connectivity index (χ1n) is 11.4. The predicted molar refractivity (Wildman–Crippen MR) is 121 cm³/mol. The normalized spacial score (nSPS) is 23.3. The summed E-state index contributed by atoms with van der Waals surface area (Å²) in [6.07, 6.45) is 4.63. The summed E-state index contributed by atoms with van der Waals surface area (Å²) in [5.41, 5.74) is 0.133. The van der Waals surface area contributed by atoms with Crippen LogP contribution in [0.5, 0.6) is 11.5 Å². The minimum atomic E-state index is -0.935. The number of carbonyl (C=O) groups is 2. The number of rotatable bonds is 8. The summed E-state index contributed by atoms with van der Waals surface area (Å²) < 4.78 is 44.6. The van der Waals surface area contributed by atoms with E-state index in [9.17, 15) is 18.4 Å². The van der Waals surface area contributed by atoms with E-state index in [1.807, 2.05) is 0 Å². The number of halogens is 2. The van der Waals surface area contributed by atoms with E-state index in [1.165, 1.54) is 7.11 Å². The summed E-state index contributed by atoms with van der Waals surface area (Å²) in [4.78, 5) is 24.8. The Labute approximate surface area is 197 Å². The number of carbonyl (C=O) groups excluding carboxylic acids is 2. The van der Waals surface area contributed by atoms with Gasteiger partial charge in [0.05, 0.1) is 19.6 Å². The van der Waals surface area contributed by atoms with E-state index < -0.39 is 28.7 Å². The molecule has 2 aromatic rings. The molecule has 0 heterocycles. The summed E-state index contributed by atoms with van der Waals surface area (Å²) in [7, 11) is 2.97. The molecule has 0 aliphatic heterocycles. The van der Waals surface area contributed by atoms with Gasteiger partial charge in [0.1, 0.15) is 12.4 Å². The highest BCUT2D eigenvalue weighted by molar-refractivity contribution is 5.94. The van der Waals surface area contributed by atoms with Crippen molar-refractivity contribution in [1.29, 1.82) is 0 Å². The van der Waals surface area contributed by atoms with Crippen LogP contribution in [0.4, 0.5) is 8.78 Å². The van der Waals surface area contributed by atoms with E-state index in [4.69, 9.17) is 14.2 Å². The molecule has 0 atom stereocenters. The monoisotopic (exact) mass is 473 g/mol. The Bertz CT molecular complexity index is 1020. The van der Waals surface area contributed by atoms with Crippen LogP contribution in [0.15, 0.2) is 36.4 Å². The zero-order valence-corrected chi connectivity index (χ0v) is 19.4. The van der Waals surface area contributed by atoms with Crippen LogP contribution in [0.2, 0.25) is 0 Å². The molecule has 3 aliphatic carbocycles. The standard InChI is InChI=1S/C26H29F2NO5/c1-32-19-5-3-17(4-6-19)15-34-22-20(27)13-18(14-21(22)28)23(30)29-16-25-7-10-26(11-8-25,12-9-25)24(31)33-2/h3-6,13-14H,7-12,15-16H2,1-2H3,(H,29,30). The third-order valence-electron chi connectivity index (χ3n) is 7.45. The average Bonchev–Trinajstić information content (AvgIpc) is 2.87. The lowest BCUT2D eigenvalue weighted by atomic mass is 9.53. The molecule has 2 aromatic carbocycles. The fraction of sp³-hybridized carbons (Fsp3) is 0.462. The van der Waals surface area contributed by atoms with Crippen molar-refractivity contribution in [3.8, 4) is 11.5 Å². The van der Waals surface area contributed by atoms with Crippen LogP contribution in [-0.2, 0) is 16.1 Å². The van der Waals surface area contributed by atoms with Crippen LogP contribution < -0.4 is 14.8 Å². The molecule has 8 heteroatoms. The van der Waals surface area contributed by atoms with Crippen LogP contribution in [0.1, 0.15) is 54.4 Å². The van der Waals surface area contributed by atoms with Gasteiger partial charge >= 0.3 is 5.97 Å². The number of methoxy groups -OCH3 is 2. The van der Waals surface area contributed by atoms with Gasteiger partial charge in [0.2, 0.25) is 0 Å². The highest BCUT2D eigenvalue weighted by Gasteiger charge is 2.53. The van der Waals surface area contributed by atoms with Crippen LogP contribution >= 0.6 is 0 Å². The minimum Gasteiger partial charge on any atom is -0.497 e. The van der Waals surface area contributed by atoms with E-state index in [0.29, 0.717) is 12.3 Å². The van der Waals surface area contributed by atoms with E-state index in [-0.39, 0.29) is 23.6 Å². The summed E-state index contributed by atoms with van der Waals surface area (Å²) in [5, 5.41) is 2.84. The van der Waals surface area contributed by atoms with Crippen LogP contribution in [-0.4, -0.2) is 32.6 Å². The van der Waals surface area contributed by atoms with Gasteiger partial charge in [-0.1, -0.05) is 12.1 Å². The molecular formula is C26H29F2NO5. The second kappa shape index (κ2) is 9.60. The molecule has 0 saturated heterocycles. The summed E-state index contributed by atoms with van der Waals surface area (Å²) in [5.74, 6) is -2.41. The van der Waals surface area contributed by atoms with Crippen molar-refractivity contribution in [3.63, 3.8) is 0 Å². The molecule has 0 radical (unpaired) electrons. The Morgan fingerprint density at radius 1 is 0.941 bits per heavy atom. The van der Waals surface area contributed by atoms with E-state index in [0.717, 1.165) is 56.2 Å². The van der Waals surface area contributed by atoms with Crippen molar-refractivity contribution in [1.82, 2.24) is 5.32 Å². The maximum Gasteiger partial charge on any atom is 0.311 e. The summed E-state index contributed by atoms with van der Waals surface area (Å²) in [6.45, 7) is 0.376. The van der Waals surface area contributed by atoms with Crippen molar-refractivity contribution in [2.75, 3.05) is 20.8 Å². The molecule has 5 rings (SSSR count). The van der Waals surface area contributed by atoms with Crippen molar-refractivity contribution in [3.05, 3.63) is 59.2 Å². The maximum atomic E-state index is 14.6. The third-order valence-corrected chi connectivity index (χ3v) is 7.45. The number of benzene rings is 2. The van der Waals surface area contributed by atoms with Crippen LogP contribution in [0, 0.1) is 22.5 Å². The van der Waals surface area contributed by atoms with Gasteiger partial charge in [0.25, 0.3) is 5.91 Å². The Hall–Kier alpha value is -3.16. The Morgan fingerprint density at radius 2 is 1.53 bits per heavy atom. The number of ether oxygens (including phenoxy) is 3. The predicted octanol–water partition coefficient (Wildman–Crippen LogP) is 4.80. The molecule has 0 spiro atoms. The lowest BCUT2D eigenvalue weighted by Crippen LogP contribution is -2.50. The van der Waals surface area contributed by atoms with Crippen molar-refractivity contribution < 1.29 is 32.6 Å². The van der Waals surface area contributed by atoms with Crippen molar-refractivity contribution >= 4 is 11.9 Å². The summed E-state index contributed by atoms with van der Waals surface area (Å²) in [6, 6.07) is 8.91. The Morgan fingerprint density at radius 3 is 2.06 bits per heavy atom. The molecule has 3 saturated carbocycles. The van der Waals surface area contributed by atoms with Gasteiger partial charge in [-0.25, -0.2) is 8.78 Å². The highest BCUT2D eigenvalue weighted by Crippen LogP contribution is 2.57. The molecule has 1 amide bonds. The molecule has 6 nitrogen and oxygen atoms in total. The Balaban J connectivity index is 1.35. The Kier molecular flexibility index (Phi) is 6.77. The molecule has 1 N–H and O–H groups in total. The molecule has 2 bridgehead atoms. The molecule has 0 aromatic heterocycles. The van der Waals surface area contributed by atoms with Crippen LogP contribution in [0.25, 0.3) is 0 Å². The minimum absolute atomic E-state index is 0.0288. The van der Waals surface area contributed by atoms with Crippen molar-refractivity contribution in [2.45, 2.75) is 45.1 Å². The van der Waals surface area contributed by atoms with Gasteiger partial charge in [0.15, 0.2) is 17.4 Å². The second-order valence-corrected chi connectivity index (χ2v) is 9.36. The molecule has 3 aliphatic rings. The van der Waals surface area contributed by atoms with Gasteiger partial charge in [-0.05, 0) is 73.8 Å². The number of nitrogens with one attached hydrogen (secondary N) is 1. The van der Waals surface area contributed by atoms with Crippen molar-refractivity contribution in [2.24, 2.45) is 10.8 Å². The van der Waals surface area contributed by atoms with Gasteiger partial charge in [0, 0.05) is 12.1 Å². The lowest BCUT2D eigenvalue weighted by Gasteiger charge is -2.51. The molecule has 182 valence electrons. The number of amides is 1. The zero-order valence-electron chi connectivity index (χ0n) is 19.4.